The Hall–Kier alpha value is -2.89. The smallest absolute Gasteiger partial charge is 0.257 e. The van der Waals surface area contributed by atoms with Crippen molar-refractivity contribution in [3.05, 3.63) is 65.5 Å². The van der Waals surface area contributed by atoms with Crippen molar-refractivity contribution in [3.63, 3.8) is 0 Å². The molecule has 1 heterocycles. The second-order valence-corrected chi connectivity index (χ2v) is 7.42. The number of carbonyl (C=O) groups excluding carboxylic acids is 2. The molecule has 1 aliphatic heterocycles. The average molecular weight is 384 g/mol. The standard InChI is InChI=1S/C22H25FN2O3/c1-22(2,16-7-6-8-17(23)15-16)21(27)25-13-11-24(12-14-25)20(26)18-9-4-5-10-19(18)28-3/h4-10,15H,11-14H2,1-3H3. The summed E-state index contributed by atoms with van der Waals surface area (Å²) >= 11 is 0. The van der Waals surface area contributed by atoms with Gasteiger partial charge in [-0.3, -0.25) is 9.59 Å². The molecule has 28 heavy (non-hydrogen) atoms. The minimum atomic E-state index is -0.836. The van der Waals surface area contributed by atoms with Crippen molar-refractivity contribution in [1.29, 1.82) is 0 Å². The third kappa shape index (κ3) is 3.86. The summed E-state index contributed by atoms with van der Waals surface area (Å²) in [5.74, 6) is 0.0141. The summed E-state index contributed by atoms with van der Waals surface area (Å²) in [6, 6.07) is 13.3. The van der Waals surface area contributed by atoms with Gasteiger partial charge in [0, 0.05) is 26.2 Å². The van der Waals surface area contributed by atoms with E-state index < -0.39 is 5.41 Å². The van der Waals surface area contributed by atoms with E-state index in [-0.39, 0.29) is 17.6 Å². The van der Waals surface area contributed by atoms with Crippen LogP contribution in [0.15, 0.2) is 48.5 Å². The Balaban J connectivity index is 1.68. The molecule has 6 heteroatoms. The molecule has 3 rings (SSSR count). The van der Waals surface area contributed by atoms with Crippen LogP contribution < -0.4 is 4.74 Å². The van der Waals surface area contributed by atoms with Crippen molar-refractivity contribution < 1.29 is 18.7 Å². The zero-order valence-electron chi connectivity index (χ0n) is 16.4. The van der Waals surface area contributed by atoms with Crippen molar-refractivity contribution in [2.75, 3.05) is 33.3 Å². The number of hydrogen-bond donors (Lipinski definition) is 0. The van der Waals surface area contributed by atoms with Crippen LogP contribution in [0.3, 0.4) is 0 Å². The van der Waals surface area contributed by atoms with Crippen molar-refractivity contribution in [1.82, 2.24) is 9.80 Å². The summed E-state index contributed by atoms with van der Waals surface area (Å²) in [6.45, 7) is 5.38. The first-order valence-corrected chi connectivity index (χ1v) is 9.32. The molecule has 2 aromatic carbocycles. The molecule has 0 saturated carbocycles. The maximum Gasteiger partial charge on any atom is 0.257 e. The van der Waals surface area contributed by atoms with Gasteiger partial charge in [-0.15, -0.1) is 0 Å². The van der Waals surface area contributed by atoms with Gasteiger partial charge in [0.15, 0.2) is 0 Å². The fraction of sp³-hybridized carbons (Fsp3) is 0.364. The molecule has 5 nitrogen and oxygen atoms in total. The zero-order valence-corrected chi connectivity index (χ0v) is 16.4. The van der Waals surface area contributed by atoms with Gasteiger partial charge in [0.2, 0.25) is 5.91 Å². The van der Waals surface area contributed by atoms with Crippen LogP contribution in [-0.4, -0.2) is 54.9 Å². The molecule has 0 atom stereocenters. The zero-order chi connectivity index (χ0) is 20.3. The highest BCUT2D eigenvalue weighted by Gasteiger charge is 2.36. The summed E-state index contributed by atoms with van der Waals surface area (Å²) < 4.78 is 18.9. The lowest BCUT2D eigenvalue weighted by Gasteiger charge is -2.39. The second-order valence-electron chi connectivity index (χ2n) is 7.42. The van der Waals surface area contributed by atoms with Gasteiger partial charge in [-0.25, -0.2) is 4.39 Å². The fourth-order valence-corrected chi connectivity index (χ4v) is 3.50. The summed E-state index contributed by atoms with van der Waals surface area (Å²) in [4.78, 5) is 29.4. The fourth-order valence-electron chi connectivity index (χ4n) is 3.50. The quantitative estimate of drug-likeness (QED) is 0.814. The van der Waals surface area contributed by atoms with E-state index in [1.165, 1.54) is 19.2 Å². The molecule has 2 aromatic rings. The van der Waals surface area contributed by atoms with Gasteiger partial charge in [0.05, 0.1) is 18.1 Å². The number of carbonyl (C=O) groups is 2. The Morgan fingerprint density at radius 3 is 2.25 bits per heavy atom. The molecule has 0 aromatic heterocycles. The van der Waals surface area contributed by atoms with Gasteiger partial charge in [0.25, 0.3) is 5.91 Å². The Kier molecular flexibility index (Phi) is 5.68. The minimum absolute atomic E-state index is 0.0671. The number of halogens is 1. The highest BCUT2D eigenvalue weighted by Crippen LogP contribution is 2.27. The maximum atomic E-state index is 13.6. The van der Waals surface area contributed by atoms with E-state index in [4.69, 9.17) is 4.74 Å². The molecule has 0 unspecified atom stereocenters. The van der Waals surface area contributed by atoms with E-state index in [1.807, 2.05) is 6.07 Å². The van der Waals surface area contributed by atoms with Crippen LogP contribution in [0, 0.1) is 5.82 Å². The molecule has 2 amide bonds. The van der Waals surface area contributed by atoms with Gasteiger partial charge in [-0.05, 0) is 43.7 Å². The number of nitrogens with zero attached hydrogens (tertiary/aromatic N) is 2. The first-order valence-electron chi connectivity index (χ1n) is 9.32. The van der Waals surface area contributed by atoms with Gasteiger partial charge in [0.1, 0.15) is 11.6 Å². The Labute approximate surface area is 164 Å². The summed E-state index contributed by atoms with van der Waals surface area (Å²) in [7, 11) is 1.54. The minimum Gasteiger partial charge on any atom is -0.496 e. The molecule has 0 spiro atoms. The van der Waals surface area contributed by atoms with Crippen LogP contribution in [0.5, 0.6) is 5.75 Å². The largest absolute Gasteiger partial charge is 0.496 e. The highest BCUT2D eigenvalue weighted by atomic mass is 19.1. The van der Waals surface area contributed by atoms with Crippen LogP contribution in [0.1, 0.15) is 29.8 Å². The Morgan fingerprint density at radius 2 is 1.61 bits per heavy atom. The summed E-state index contributed by atoms with van der Waals surface area (Å²) in [5, 5.41) is 0. The molecule has 0 N–H and O–H groups in total. The van der Waals surface area contributed by atoms with Crippen LogP contribution in [0.2, 0.25) is 0 Å². The van der Waals surface area contributed by atoms with Gasteiger partial charge < -0.3 is 14.5 Å². The second kappa shape index (κ2) is 8.00. The number of ether oxygens (including phenoxy) is 1. The monoisotopic (exact) mass is 384 g/mol. The first kappa shape index (κ1) is 19.9. The predicted molar refractivity (Wildman–Crippen MR) is 105 cm³/mol. The molecular weight excluding hydrogens is 359 g/mol. The van der Waals surface area contributed by atoms with Gasteiger partial charge in [-0.1, -0.05) is 24.3 Å². The maximum absolute atomic E-state index is 13.6. The third-order valence-corrected chi connectivity index (χ3v) is 5.27. The number of methoxy groups -OCH3 is 1. The van der Waals surface area contributed by atoms with Gasteiger partial charge in [-0.2, -0.15) is 0 Å². The molecule has 1 saturated heterocycles. The molecule has 1 fully saturated rings. The van der Waals surface area contributed by atoms with Gasteiger partial charge >= 0.3 is 0 Å². The lowest BCUT2D eigenvalue weighted by Crippen LogP contribution is -2.54. The van der Waals surface area contributed by atoms with Crippen LogP contribution in [0.4, 0.5) is 4.39 Å². The third-order valence-electron chi connectivity index (χ3n) is 5.27. The normalized spacial score (nSPS) is 14.7. The average Bonchev–Trinajstić information content (AvgIpc) is 2.72. The van der Waals surface area contributed by atoms with E-state index >= 15 is 0 Å². The number of hydrogen-bond acceptors (Lipinski definition) is 3. The van der Waals surface area contributed by atoms with E-state index in [9.17, 15) is 14.0 Å². The van der Waals surface area contributed by atoms with Crippen LogP contribution in [0.25, 0.3) is 0 Å². The van der Waals surface area contributed by atoms with Crippen molar-refractivity contribution in [2.45, 2.75) is 19.3 Å². The first-order chi connectivity index (χ1) is 13.3. The molecule has 148 valence electrons. The van der Waals surface area contributed by atoms with Crippen LogP contribution in [-0.2, 0) is 10.2 Å². The number of benzene rings is 2. The van der Waals surface area contributed by atoms with Crippen molar-refractivity contribution in [2.24, 2.45) is 0 Å². The van der Waals surface area contributed by atoms with E-state index in [0.29, 0.717) is 43.1 Å². The molecule has 0 aliphatic carbocycles. The molecule has 0 radical (unpaired) electrons. The number of para-hydroxylation sites is 1. The van der Waals surface area contributed by atoms with E-state index in [0.717, 1.165) is 0 Å². The topological polar surface area (TPSA) is 49.9 Å². The van der Waals surface area contributed by atoms with E-state index in [2.05, 4.69) is 0 Å². The SMILES string of the molecule is COc1ccccc1C(=O)N1CCN(C(=O)C(C)(C)c2cccc(F)c2)CC1. The number of rotatable bonds is 4. The molecule has 1 aliphatic rings. The predicted octanol–water partition coefficient (Wildman–Crippen LogP) is 3.10. The summed E-state index contributed by atoms with van der Waals surface area (Å²) in [5.41, 5.74) is 0.326. The van der Waals surface area contributed by atoms with Crippen LogP contribution >= 0.6 is 0 Å². The lowest BCUT2D eigenvalue weighted by atomic mass is 9.83. The number of amides is 2. The Morgan fingerprint density at radius 1 is 0.964 bits per heavy atom. The van der Waals surface area contributed by atoms with Crippen molar-refractivity contribution >= 4 is 11.8 Å². The van der Waals surface area contributed by atoms with E-state index in [1.54, 1.807) is 54.0 Å². The summed E-state index contributed by atoms with van der Waals surface area (Å²) in [6.07, 6.45) is 0. The highest BCUT2D eigenvalue weighted by molar-refractivity contribution is 5.97. The molecular formula is C22H25FN2O3. The Bertz CT molecular complexity index is 874. The number of piperazine rings is 1. The van der Waals surface area contributed by atoms with Crippen molar-refractivity contribution in [3.8, 4) is 5.75 Å². The lowest BCUT2D eigenvalue weighted by molar-refractivity contribution is -0.137. The molecule has 0 bridgehead atoms.